The van der Waals surface area contributed by atoms with E-state index in [4.69, 9.17) is 9.47 Å². The predicted molar refractivity (Wildman–Crippen MR) is 153 cm³/mol. The smallest absolute Gasteiger partial charge is 0.449 e. The van der Waals surface area contributed by atoms with Gasteiger partial charge in [-0.15, -0.1) is 0 Å². The van der Waals surface area contributed by atoms with Crippen LogP contribution in [0, 0.1) is 29.6 Å². The minimum atomic E-state index is -1.78. The molecule has 3 rings (SSSR count). The Morgan fingerprint density at radius 2 is 1.88 bits per heavy atom. The first-order valence-electron chi connectivity index (χ1n) is 13.6. The Morgan fingerprint density at radius 1 is 1.17 bits per heavy atom. The second-order valence-electron chi connectivity index (χ2n) is 9.92. The number of amides is 2. The van der Waals surface area contributed by atoms with Crippen molar-refractivity contribution in [1.29, 1.82) is 10.5 Å². The lowest BCUT2D eigenvalue weighted by atomic mass is 9.76. The highest BCUT2D eigenvalue weighted by atomic mass is 16.5. The number of carbonyl (C=O) groups excluding carboxylic acids is 2. The van der Waals surface area contributed by atoms with Crippen LogP contribution in [-0.4, -0.2) is 72.4 Å². The molecule has 0 saturated carbocycles. The summed E-state index contributed by atoms with van der Waals surface area (Å²) in [6.07, 6.45) is 2.55. The minimum Gasteiger partial charge on any atom is -0.449 e. The van der Waals surface area contributed by atoms with Crippen LogP contribution in [0.5, 0.6) is 0 Å². The van der Waals surface area contributed by atoms with Gasteiger partial charge in [-0.1, -0.05) is 35.9 Å². The maximum absolute atomic E-state index is 13.2. The van der Waals surface area contributed by atoms with Crippen LogP contribution >= 0.6 is 0 Å². The topological polar surface area (TPSA) is 156 Å². The van der Waals surface area contributed by atoms with Crippen molar-refractivity contribution in [3.63, 3.8) is 0 Å². The number of hydrogen-bond acceptors (Lipinski definition) is 8. The molecule has 10 nitrogen and oxygen atoms in total. The van der Waals surface area contributed by atoms with Gasteiger partial charge in [0, 0.05) is 32.2 Å². The quantitative estimate of drug-likeness (QED) is 0.216. The summed E-state index contributed by atoms with van der Waals surface area (Å²) in [5, 5.41) is 41.2. The highest BCUT2D eigenvalue weighted by Gasteiger charge is 2.27. The van der Waals surface area contributed by atoms with Crippen LogP contribution < -0.4 is 5.32 Å². The van der Waals surface area contributed by atoms with Crippen LogP contribution in [0.15, 0.2) is 48.0 Å². The number of aryl methyl sites for hydroxylation is 1. The fourth-order valence-corrected chi connectivity index (χ4v) is 4.70. The number of rotatable bonds is 11. The summed E-state index contributed by atoms with van der Waals surface area (Å²) >= 11 is 0. The zero-order chi connectivity index (χ0) is 29.8. The molecule has 0 radical (unpaired) electrons. The molecule has 1 aliphatic rings. The highest BCUT2D eigenvalue weighted by molar-refractivity contribution is 6.43. The van der Waals surface area contributed by atoms with E-state index in [1.807, 2.05) is 44.2 Å². The number of hydrogen-bond donors (Lipinski definition) is 3. The Labute approximate surface area is 240 Å². The summed E-state index contributed by atoms with van der Waals surface area (Å²) in [7, 11) is -1.78. The van der Waals surface area contributed by atoms with Crippen LogP contribution in [0.3, 0.4) is 0 Å². The monoisotopic (exact) mass is 558 g/mol. The minimum absolute atomic E-state index is 0.00531. The number of nitrogens with zero attached hydrogens (tertiary/aromatic N) is 3. The predicted octanol–water partition coefficient (Wildman–Crippen LogP) is 2.69. The molecule has 1 atom stereocenters. The third-order valence-electron chi connectivity index (χ3n) is 6.90. The number of ether oxygens (including phenoxy) is 2. The summed E-state index contributed by atoms with van der Waals surface area (Å²) in [5.74, 6) is -1.33. The van der Waals surface area contributed by atoms with Gasteiger partial charge in [0.15, 0.2) is 0 Å². The molecule has 41 heavy (non-hydrogen) atoms. The Balaban J connectivity index is 1.64. The maximum atomic E-state index is 13.2. The number of alkyl carbamates (subject to hydrolysis) is 1. The van der Waals surface area contributed by atoms with Crippen molar-refractivity contribution in [2.45, 2.75) is 51.5 Å². The molecule has 1 unspecified atom stereocenters. The molecule has 0 aliphatic carbocycles. The van der Waals surface area contributed by atoms with Crippen molar-refractivity contribution in [3.05, 3.63) is 75.9 Å². The number of carbonyl (C=O) groups is 2. The zero-order valence-electron chi connectivity index (χ0n) is 23.4. The van der Waals surface area contributed by atoms with E-state index < -0.39 is 19.2 Å². The van der Waals surface area contributed by atoms with E-state index in [-0.39, 0.29) is 37.0 Å². The van der Waals surface area contributed by atoms with E-state index in [2.05, 4.69) is 11.4 Å². The average Bonchev–Trinajstić information content (AvgIpc) is 2.97. The maximum Gasteiger partial charge on any atom is 0.475 e. The number of benzene rings is 2. The zero-order valence-corrected chi connectivity index (χ0v) is 23.4. The molecule has 11 heteroatoms. The normalized spacial score (nSPS) is 14.3. The van der Waals surface area contributed by atoms with Crippen molar-refractivity contribution in [1.82, 2.24) is 10.2 Å². The van der Waals surface area contributed by atoms with Crippen LogP contribution in [-0.2, 0) is 27.1 Å². The van der Waals surface area contributed by atoms with E-state index in [1.54, 1.807) is 23.1 Å². The van der Waals surface area contributed by atoms with Gasteiger partial charge in [-0.25, -0.2) is 4.79 Å². The Morgan fingerprint density at radius 3 is 2.49 bits per heavy atom. The molecule has 1 aliphatic heterocycles. The van der Waals surface area contributed by atoms with Gasteiger partial charge in [0.2, 0.25) is 0 Å². The summed E-state index contributed by atoms with van der Waals surface area (Å²) in [6.45, 7) is 5.38. The Hall–Kier alpha value is -4.16. The number of likely N-dealkylation sites (N-methyl/N-ethyl adjacent to an activating group) is 1. The molecule has 2 aromatic rings. The standard InChI is InChI=1S/C30H35BN4O6/c1-3-35(27-9-11-40-12-10-27)29(36)26(20-33)17-24-14-23(15-25(16-24)19-32)8-13-41-30(37)34-28(31(38)39)18-22-6-4-21(2)5-7-22/h4-7,14-17,27-28,38-39H,3,8-13,18H2,1-2H3,(H,34,37). The first-order chi connectivity index (χ1) is 19.7. The van der Waals surface area contributed by atoms with Crippen LogP contribution in [0.4, 0.5) is 4.79 Å². The van der Waals surface area contributed by atoms with Crippen LogP contribution in [0.2, 0.25) is 0 Å². The number of nitriles is 2. The van der Waals surface area contributed by atoms with E-state index in [0.29, 0.717) is 49.3 Å². The van der Waals surface area contributed by atoms with Gasteiger partial charge in [0.05, 0.1) is 24.2 Å². The van der Waals surface area contributed by atoms with Gasteiger partial charge >= 0.3 is 13.2 Å². The highest BCUT2D eigenvalue weighted by Crippen LogP contribution is 2.20. The molecule has 1 heterocycles. The summed E-state index contributed by atoms with van der Waals surface area (Å²) in [6, 6.07) is 16.5. The van der Waals surface area contributed by atoms with Crippen molar-refractivity contribution in [2.75, 3.05) is 26.4 Å². The molecule has 2 aromatic carbocycles. The lowest BCUT2D eigenvalue weighted by Crippen LogP contribution is -2.48. The Bertz CT molecular complexity index is 1310. The van der Waals surface area contributed by atoms with Gasteiger partial charge in [0.25, 0.3) is 5.91 Å². The molecular weight excluding hydrogens is 523 g/mol. The van der Waals surface area contributed by atoms with Gasteiger partial charge in [-0.3, -0.25) is 4.79 Å². The van der Waals surface area contributed by atoms with E-state index >= 15 is 0 Å². The first kappa shape index (κ1) is 31.4. The third-order valence-corrected chi connectivity index (χ3v) is 6.90. The van der Waals surface area contributed by atoms with E-state index in [0.717, 1.165) is 11.1 Å². The average molecular weight is 558 g/mol. The SMILES string of the molecule is CCN(C(=O)C(C#N)=Cc1cc(C#N)cc(CCOC(=O)NC(Cc2ccc(C)cc2)B(O)O)c1)C1CCOCC1. The van der Waals surface area contributed by atoms with Crippen LogP contribution in [0.1, 0.15) is 47.6 Å². The fraction of sp³-hybridized carbons (Fsp3) is 0.400. The lowest BCUT2D eigenvalue weighted by Gasteiger charge is -2.33. The molecule has 214 valence electrons. The van der Waals surface area contributed by atoms with Gasteiger partial charge in [-0.2, -0.15) is 10.5 Å². The second kappa shape index (κ2) is 15.6. The summed E-state index contributed by atoms with van der Waals surface area (Å²) in [5.41, 5.74) is 3.38. The molecule has 0 aromatic heterocycles. The van der Waals surface area contributed by atoms with Crippen LogP contribution in [0.25, 0.3) is 6.08 Å². The van der Waals surface area contributed by atoms with Crippen molar-refractivity contribution in [3.8, 4) is 12.1 Å². The Kier molecular flexibility index (Phi) is 11.9. The second-order valence-corrected chi connectivity index (χ2v) is 9.92. The molecule has 0 spiro atoms. The van der Waals surface area contributed by atoms with E-state index in [9.17, 15) is 30.2 Å². The molecule has 0 bridgehead atoms. The molecule has 1 saturated heterocycles. The lowest BCUT2D eigenvalue weighted by molar-refractivity contribution is -0.130. The molecule has 2 amide bonds. The first-order valence-corrected chi connectivity index (χ1v) is 13.6. The summed E-state index contributed by atoms with van der Waals surface area (Å²) < 4.78 is 10.6. The summed E-state index contributed by atoms with van der Waals surface area (Å²) in [4.78, 5) is 27.2. The molecule has 3 N–H and O–H groups in total. The van der Waals surface area contributed by atoms with Gasteiger partial charge in [0.1, 0.15) is 11.6 Å². The van der Waals surface area contributed by atoms with Crippen molar-refractivity contribution < 1.29 is 29.1 Å². The third kappa shape index (κ3) is 9.47. The van der Waals surface area contributed by atoms with Gasteiger partial charge < -0.3 is 29.7 Å². The molecule has 1 fully saturated rings. The number of nitrogens with one attached hydrogen (secondary N) is 1. The fourth-order valence-electron chi connectivity index (χ4n) is 4.70. The van der Waals surface area contributed by atoms with Crippen molar-refractivity contribution in [2.24, 2.45) is 0 Å². The van der Waals surface area contributed by atoms with Crippen molar-refractivity contribution >= 4 is 25.2 Å². The van der Waals surface area contributed by atoms with Gasteiger partial charge in [-0.05, 0) is 68.0 Å². The largest absolute Gasteiger partial charge is 0.475 e. The molecular formula is C30H35BN4O6. The van der Waals surface area contributed by atoms with E-state index in [1.165, 1.54) is 6.08 Å².